The maximum Gasteiger partial charge on any atom is -0.000741 e. The van der Waals surface area contributed by atoms with Crippen LogP contribution in [0.25, 0.3) is 16.7 Å². The molecule has 0 bridgehead atoms. The Morgan fingerprint density at radius 1 is 1.05 bits per heavy atom. The zero-order chi connectivity index (χ0) is 13.2. The predicted molar refractivity (Wildman–Crippen MR) is 83.2 cm³/mol. The van der Waals surface area contributed by atoms with E-state index < -0.39 is 0 Å². The van der Waals surface area contributed by atoms with Gasteiger partial charge >= 0.3 is 0 Å². The van der Waals surface area contributed by atoms with Crippen molar-refractivity contribution in [3.63, 3.8) is 0 Å². The first kappa shape index (κ1) is 12.2. The van der Waals surface area contributed by atoms with Crippen LogP contribution in [0.1, 0.15) is 42.9 Å². The first-order chi connectivity index (χ1) is 9.31. The Bertz CT molecular complexity index is 620. The highest BCUT2D eigenvalue weighted by atomic mass is 14.2. The van der Waals surface area contributed by atoms with E-state index in [0.717, 1.165) is 12.8 Å². The molecule has 0 N–H and O–H groups in total. The lowest BCUT2D eigenvalue weighted by molar-refractivity contribution is 0.824. The van der Waals surface area contributed by atoms with Crippen LogP contribution in [0, 0.1) is 0 Å². The lowest BCUT2D eigenvalue weighted by Crippen LogP contribution is -1.92. The van der Waals surface area contributed by atoms with Crippen LogP contribution < -0.4 is 0 Å². The molecule has 0 aromatic heterocycles. The van der Waals surface area contributed by atoms with Crippen molar-refractivity contribution >= 4 is 5.57 Å². The van der Waals surface area contributed by atoms with Crippen LogP contribution in [0.2, 0.25) is 0 Å². The minimum absolute atomic E-state index is 1.06. The molecule has 3 rings (SSSR count). The number of fused-ring (bicyclic) bond motifs is 3. The molecule has 0 aliphatic heterocycles. The van der Waals surface area contributed by atoms with Crippen LogP contribution in [0.15, 0.2) is 49.0 Å². The average molecular weight is 248 g/mol. The molecule has 2 aromatic rings. The van der Waals surface area contributed by atoms with E-state index in [1.165, 1.54) is 46.2 Å². The van der Waals surface area contributed by atoms with Crippen LogP contribution in [0.3, 0.4) is 0 Å². The first-order valence-corrected chi connectivity index (χ1v) is 7.19. The number of rotatable bonds is 4. The molecule has 2 aromatic carbocycles. The van der Waals surface area contributed by atoms with Gasteiger partial charge in [-0.25, -0.2) is 0 Å². The van der Waals surface area contributed by atoms with E-state index in [1.807, 2.05) is 0 Å². The third-order valence-corrected chi connectivity index (χ3v) is 4.06. The summed E-state index contributed by atoms with van der Waals surface area (Å²) in [4.78, 5) is 0. The molecule has 0 unspecified atom stereocenters. The van der Waals surface area contributed by atoms with Gasteiger partial charge in [-0.2, -0.15) is 0 Å². The van der Waals surface area contributed by atoms with Gasteiger partial charge in [-0.3, -0.25) is 0 Å². The number of allylic oxidation sites excluding steroid dienone is 1. The highest BCUT2D eigenvalue weighted by molar-refractivity contribution is 5.82. The van der Waals surface area contributed by atoms with Crippen molar-refractivity contribution < 1.29 is 0 Å². The quantitative estimate of drug-likeness (QED) is 0.575. The molecule has 0 spiro atoms. The largest absolute Gasteiger partial charge is 0.0952 e. The van der Waals surface area contributed by atoms with Crippen molar-refractivity contribution in [1.82, 2.24) is 0 Å². The van der Waals surface area contributed by atoms with Crippen LogP contribution in [0.4, 0.5) is 0 Å². The fourth-order valence-electron chi connectivity index (χ4n) is 3.01. The Hall–Kier alpha value is -1.82. The zero-order valence-electron chi connectivity index (χ0n) is 11.6. The van der Waals surface area contributed by atoms with Gasteiger partial charge in [-0.15, -0.1) is 0 Å². The highest BCUT2D eigenvalue weighted by Gasteiger charge is 2.20. The second kappa shape index (κ2) is 5.05. The summed E-state index contributed by atoms with van der Waals surface area (Å²) in [5.74, 6) is 0. The second-order valence-electron chi connectivity index (χ2n) is 5.37. The number of hydrogen-bond acceptors (Lipinski definition) is 0. The molecule has 0 amide bonds. The van der Waals surface area contributed by atoms with E-state index >= 15 is 0 Å². The van der Waals surface area contributed by atoms with Gasteiger partial charge in [0.05, 0.1) is 0 Å². The highest BCUT2D eigenvalue weighted by Crippen LogP contribution is 2.40. The molecule has 96 valence electrons. The fraction of sp³-hybridized carbons (Fsp3) is 0.263. The summed E-state index contributed by atoms with van der Waals surface area (Å²) in [5.41, 5.74) is 8.42. The van der Waals surface area contributed by atoms with Crippen LogP contribution in [0.5, 0.6) is 0 Å². The molecule has 1 aliphatic carbocycles. The summed E-state index contributed by atoms with van der Waals surface area (Å²) in [6, 6.07) is 15.4. The molecule has 0 heteroatoms. The van der Waals surface area contributed by atoms with Crippen molar-refractivity contribution in [1.29, 1.82) is 0 Å². The monoisotopic (exact) mass is 248 g/mol. The van der Waals surface area contributed by atoms with Crippen molar-refractivity contribution in [2.75, 3.05) is 0 Å². The minimum Gasteiger partial charge on any atom is -0.0952 e. The molecular formula is C19H20. The Labute approximate surface area is 115 Å². The Morgan fingerprint density at radius 3 is 2.68 bits per heavy atom. The van der Waals surface area contributed by atoms with E-state index in [0.29, 0.717) is 0 Å². The van der Waals surface area contributed by atoms with Gasteiger partial charge in [0.15, 0.2) is 0 Å². The van der Waals surface area contributed by atoms with Gasteiger partial charge in [0.25, 0.3) is 0 Å². The standard InChI is InChI=1S/C19H20/c1-3-4-8-14(2)16-11-7-12-18-17-10-6-5-9-15(17)13-19(16)18/h5-7,9-12H,2-4,8,13H2,1H3. The minimum atomic E-state index is 1.06. The van der Waals surface area contributed by atoms with Crippen molar-refractivity contribution in [2.45, 2.75) is 32.6 Å². The lowest BCUT2D eigenvalue weighted by Gasteiger charge is -2.11. The van der Waals surface area contributed by atoms with Gasteiger partial charge in [0, 0.05) is 0 Å². The van der Waals surface area contributed by atoms with Crippen molar-refractivity contribution in [2.24, 2.45) is 0 Å². The molecule has 1 aliphatic rings. The van der Waals surface area contributed by atoms with Gasteiger partial charge in [-0.1, -0.05) is 62.4 Å². The molecule has 0 heterocycles. The van der Waals surface area contributed by atoms with Gasteiger partial charge < -0.3 is 0 Å². The molecule has 0 radical (unpaired) electrons. The number of unbranched alkanes of at least 4 members (excludes halogenated alkanes) is 1. The zero-order valence-corrected chi connectivity index (χ0v) is 11.6. The second-order valence-corrected chi connectivity index (χ2v) is 5.37. The summed E-state index contributed by atoms with van der Waals surface area (Å²) in [5, 5.41) is 0. The normalized spacial score (nSPS) is 12.1. The summed E-state index contributed by atoms with van der Waals surface area (Å²) in [7, 11) is 0. The molecule has 0 atom stereocenters. The van der Waals surface area contributed by atoms with Crippen LogP contribution in [-0.2, 0) is 6.42 Å². The van der Waals surface area contributed by atoms with Crippen LogP contribution >= 0.6 is 0 Å². The molecule has 19 heavy (non-hydrogen) atoms. The Kier molecular flexibility index (Phi) is 3.25. The average Bonchev–Trinajstić information content (AvgIpc) is 2.83. The molecule has 0 saturated heterocycles. The first-order valence-electron chi connectivity index (χ1n) is 7.19. The third kappa shape index (κ3) is 2.12. The summed E-state index contributed by atoms with van der Waals surface area (Å²) in [6.07, 6.45) is 4.64. The summed E-state index contributed by atoms with van der Waals surface area (Å²) < 4.78 is 0. The molecule has 0 nitrogen and oxygen atoms in total. The molecule has 0 saturated carbocycles. The fourth-order valence-corrected chi connectivity index (χ4v) is 3.01. The van der Waals surface area contributed by atoms with E-state index in [4.69, 9.17) is 0 Å². The van der Waals surface area contributed by atoms with Gasteiger partial charge in [0.2, 0.25) is 0 Å². The number of hydrogen-bond donors (Lipinski definition) is 0. The van der Waals surface area contributed by atoms with Crippen LogP contribution in [-0.4, -0.2) is 0 Å². The van der Waals surface area contributed by atoms with E-state index in [-0.39, 0.29) is 0 Å². The number of benzene rings is 2. The Balaban J connectivity index is 2.01. The maximum absolute atomic E-state index is 4.30. The predicted octanol–water partition coefficient (Wildman–Crippen LogP) is 5.46. The SMILES string of the molecule is C=C(CCCC)c1cccc2c1Cc1ccccc1-2. The maximum atomic E-state index is 4.30. The molecule has 0 fully saturated rings. The smallest absolute Gasteiger partial charge is 0.000741 e. The van der Waals surface area contributed by atoms with E-state index in [2.05, 4.69) is 56.0 Å². The van der Waals surface area contributed by atoms with Crippen molar-refractivity contribution in [3.8, 4) is 11.1 Å². The lowest BCUT2D eigenvalue weighted by atomic mass is 9.94. The summed E-state index contributed by atoms with van der Waals surface area (Å²) >= 11 is 0. The van der Waals surface area contributed by atoms with E-state index in [9.17, 15) is 0 Å². The molecular weight excluding hydrogens is 228 g/mol. The van der Waals surface area contributed by atoms with Crippen molar-refractivity contribution in [3.05, 3.63) is 65.7 Å². The summed E-state index contributed by atoms with van der Waals surface area (Å²) in [6.45, 7) is 6.54. The topological polar surface area (TPSA) is 0 Å². The Morgan fingerprint density at radius 2 is 1.84 bits per heavy atom. The third-order valence-electron chi connectivity index (χ3n) is 4.06. The van der Waals surface area contributed by atoms with E-state index in [1.54, 1.807) is 0 Å². The van der Waals surface area contributed by atoms with Gasteiger partial charge in [0.1, 0.15) is 0 Å². The van der Waals surface area contributed by atoms with Gasteiger partial charge in [-0.05, 0) is 52.7 Å².